The predicted octanol–water partition coefficient (Wildman–Crippen LogP) is 0.309. The number of hydrogen-bond donors (Lipinski definition) is 2. The number of rotatable bonds is 5. The van der Waals surface area contributed by atoms with Crippen molar-refractivity contribution in [3.05, 3.63) is 0 Å². The molecule has 0 saturated carbocycles. The molecule has 0 radical (unpaired) electrons. The molecule has 1 fully saturated rings. The molecular formula is C11H22N2O2S. The molecule has 0 aliphatic carbocycles. The zero-order valence-corrected chi connectivity index (χ0v) is 11.1. The molecule has 1 rings (SSSR count). The van der Waals surface area contributed by atoms with E-state index >= 15 is 0 Å². The Morgan fingerprint density at radius 1 is 1.69 bits per heavy atom. The van der Waals surface area contributed by atoms with Crippen LogP contribution in [0, 0.1) is 0 Å². The summed E-state index contributed by atoms with van der Waals surface area (Å²) >= 11 is 1.62. The van der Waals surface area contributed by atoms with Crippen LogP contribution in [0.1, 0.15) is 19.8 Å². The molecule has 3 atom stereocenters. The number of likely N-dealkylation sites (tertiary alicyclic amines) is 1. The van der Waals surface area contributed by atoms with Crippen molar-refractivity contribution in [3.8, 4) is 0 Å². The Hall–Kier alpha value is -0.260. The first-order valence-corrected chi connectivity index (χ1v) is 7.05. The van der Waals surface area contributed by atoms with Gasteiger partial charge in [0.2, 0.25) is 5.91 Å². The van der Waals surface area contributed by atoms with Crippen LogP contribution in [0.3, 0.4) is 0 Å². The van der Waals surface area contributed by atoms with Gasteiger partial charge in [-0.1, -0.05) is 0 Å². The lowest BCUT2D eigenvalue weighted by atomic mass is 10.0. The zero-order valence-electron chi connectivity index (χ0n) is 10.3. The van der Waals surface area contributed by atoms with Gasteiger partial charge in [0.15, 0.2) is 0 Å². The minimum Gasteiger partial charge on any atom is -0.395 e. The molecule has 0 aromatic rings. The number of nitrogens with one attached hydrogen (secondary N) is 1. The van der Waals surface area contributed by atoms with E-state index in [0.29, 0.717) is 0 Å². The highest BCUT2D eigenvalue weighted by Gasteiger charge is 2.33. The van der Waals surface area contributed by atoms with Crippen molar-refractivity contribution in [2.24, 2.45) is 0 Å². The third-order valence-corrected chi connectivity index (χ3v) is 4.48. The van der Waals surface area contributed by atoms with Crippen LogP contribution in [-0.2, 0) is 4.79 Å². The van der Waals surface area contributed by atoms with Crippen LogP contribution in [0.4, 0.5) is 0 Å². The number of aliphatic hydroxyl groups is 1. The van der Waals surface area contributed by atoms with E-state index in [1.54, 1.807) is 11.8 Å². The molecule has 3 unspecified atom stereocenters. The van der Waals surface area contributed by atoms with Gasteiger partial charge in [-0.15, -0.1) is 0 Å². The molecule has 4 nitrogen and oxygen atoms in total. The Bertz CT molecular complexity index is 234. The van der Waals surface area contributed by atoms with Gasteiger partial charge in [-0.3, -0.25) is 4.79 Å². The third-order valence-electron chi connectivity index (χ3n) is 3.33. The maximum Gasteiger partial charge on any atom is 0.239 e. The van der Waals surface area contributed by atoms with Crippen molar-refractivity contribution in [1.29, 1.82) is 0 Å². The lowest BCUT2D eigenvalue weighted by Crippen LogP contribution is -2.55. The van der Waals surface area contributed by atoms with Crippen LogP contribution in [0.5, 0.6) is 0 Å². The van der Waals surface area contributed by atoms with Gasteiger partial charge in [-0.05, 0) is 33.1 Å². The Labute approximate surface area is 102 Å². The predicted molar refractivity (Wildman–Crippen MR) is 67.6 cm³/mol. The molecule has 0 bridgehead atoms. The Kier molecular flexibility index (Phi) is 5.58. The van der Waals surface area contributed by atoms with Crippen LogP contribution in [0.25, 0.3) is 0 Å². The summed E-state index contributed by atoms with van der Waals surface area (Å²) in [6.45, 7) is 2.96. The fraction of sp³-hybridized carbons (Fsp3) is 0.909. The first kappa shape index (κ1) is 13.8. The first-order chi connectivity index (χ1) is 7.65. The van der Waals surface area contributed by atoms with E-state index in [4.69, 9.17) is 0 Å². The van der Waals surface area contributed by atoms with E-state index in [-0.39, 0.29) is 29.8 Å². The number of aliphatic hydroxyl groups excluding tert-OH is 1. The smallest absolute Gasteiger partial charge is 0.239 e. The molecule has 5 heteroatoms. The molecule has 0 spiro atoms. The quantitative estimate of drug-likeness (QED) is 0.733. The molecule has 16 heavy (non-hydrogen) atoms. The van der Waals surface area contributed by atoms with Crippen LogP contribution >= 0.6 is 11.8 Å². The second kappa shape index (κ2) is 6.47. The first-order valence-electron chi connectivity index (χ1n) is 5.77. The summed E-state index contributed by atoms with van der Waals surface area (Å²) in [6.07, 6.45) is 3.93. The second-order valence-electron chi connectivity index (χ2n) is 4.21. The lowest BCUT2D eigenvalue weighted by Gasteiger charge is -2.39. The highest BCUT2D eigenvalue weighted by Crippen LogP contribution is 2.21. The maximum absolute atomic E-state index is 12.1. The maximum atomic E-state index is 12.1. The van der Waals surface area contributed by atoms with Gasteiger partial charge in [-0.2, -0.15) is 11.8 Å². The van der Waals surface area contributed by atoms with Gasteiger partial charge in [0.25, 0.3) is 0 Å². The fourth-order valence-corrected chi connectivity index (χ4v) is 2.89. The lowest BCUT2D eigenvalue weighted by molar-refractivity contribution is -0.138. The van der Waals surface area contributed by atoms with Gasteiger partial charge in [0.1, 0.15) is 0 Å². The molecule has 1 saturated heterocycles. The number of carbonyl (C=O) groups excluding carboxylic acids is 1. The SMILES string of the molecule is CNC1CCCN(C(C)C(CO)SC)C1=O. The number of nitrogens with zero attached hydrogens (tertiary/aromatic N) is 1. The van der Waals surface area contributed by atoms with Gasteiger partial charge in [0.05, 0.1) is 12.6 Å². The molecule has 0 aromatic carbocycles. The number of amides is 1. The summed E-state index contributed by atoms with van der Waals surface area (Å²) in [7, 11) is 1.83. The summed E-state index contributed by atoms with van der Waals surface area (Å²) in [4.78, 5) is 14.0. The van der Waals surface area contributed by atoms with E-state index in [2.05, 4.69) is 5.32 Å². The Morgan fingerprint density at radius 3 is 2.88 bits per heavy atom. The van der Waals surface area contributed by atoms with Gasteiger partial charge < -0.3 is 15.3 Å². The minimum absolute atomic E-state index is 0.0441. The normalized spacial score (nSPS) is 25.6. The van der Waals surface area contributed by atoms with Gasteiger partial charge >= 0.3 is 0 Å². The van der Waals surface area contributed by atoms with Crippen molar-refractivity contribution in [1.82, 2.24) is 10.2 Å². The zero-order chi connectivity index (χ0) is 12.1. The number of piperidine rings is 1. The summed E-state index contributed by atoms with van der Waals surface area (Å²) in [5.41, 5.74) is 0. The molecule has 2 N–H and O–H groups in total. The highest BCUT2D eigenvalue weighted by atomic mass is 32.2. The van der Waals surface area contributed by atoms with E-state index in [1.807, 2.05) is 25.1 Å². The summed E-state index contributed by atoms with van der Waals surface area (Å²) < 4.78 is 0. The van der Waals surface area contributed by atoms with Crippen LogP contribution in [0.2, 0.25) is 0 Å². The summed E-state index contributed by atoms with van der Waals surface area (Å²) in [6, 6.07) is 0.0565. The number of carbonyl (C=O) groups is 1. The van der Waals surface area contributed by atoms with E-state index < -0.39 is 0 Å². The Balaban J connectivity index is 2.67. The van der Waals surface area contributed by atoms with Crippen LogP contribution < -0.4 is 5.32 Å². The van der Waals surface area contributed by atoms with E-state index in [1.165, 1.54) is 0 Å². The minimum atomic E-state index is -0.0441. The van der Waals surface area contributed by atoms with Crippen molar-refractivity contribution in [3.63, 3.8) is 0 Å². The average Bonchev–Trinajstić information content (AvgIpc) is 2.30. The molecule has 1 heterocycles. The largest absolute Gasteiger partial charge is 0.395 e. The summed E-state index contributed by atoms with van der Waals surface area (Å²) in [5.74, 6) is 0.175. The molecule has 1 aliphatic heterocycles. The third kappa shape index (κ3) is 2.90. The average molecular weight is 246 g/mol. The van der Waals surface area contributed by atoms with E-state index in [9.17, 15) is 9.90 Å². The molecule has 0 aromatic heterocycles. The molecule has 94 valence electrons. The number of thioether (sulfide) groups is 1. The standard InChI is InChI=1S/C11H22N2O2S/c1-8(10(7-14)16-3)13-6-4-5-9(12-2)11(13)15/h8-10,12,14H,4-7H2,1-3H3. The molecule has 1 amide bonds. The molecular weight excluding hydrogens is 224 g/mol. The van der Waals surface area contributed by atoms with Crippen molar-refractivity contribution in [2.45, 2.75) is 37.1 Å². The number of likely N-dealkylation sites (N-methyl/N-ethyl adjacent to an activating group) is 1. The highest BCUT2D eigenvalue weighted by molar-refractivity contribution is 7.99. The fourth-order valence-electron chi connectivity index (χ4n) is 2.20. The van der Waals surface area contributed by atoms with Gasteiger partial charge in [-0.25, -0.2) is 0 Å². The topological polar surface area (TPSA) is 52.6 Å². The summed E-state index contributed by atoms with van der Waals surface area (Å²) in [5, 5.41) is 12.4. The Morgan fingerprint density at radius 2 is 2.38 bits per heavy atom. The monoisotopic (exact) mass is 246 g/mol. The van der Waals surface area contributed by atoms with Crippen LogP contribution in [-0.4, -0.2) is 59.7 Å². The van der Waals surface area contributed by atoms with Gasteiger partial charge in [0, 0.05) is 17.8 Å². The van der Waals surface area contributed by atoms with Crippen LogP contribution in [0.15, 0.2) is 0 Å². The van der Waals surface area contributed by atoms with Crippen molar-refractivity contribution >= 4 is 17.7 Å². The van der Waals surface area contributed by atoms with E-state index in [0.717, 1.165) is 19.4 Å². The molecule has 1 aliphatic rings. The number of hydrogen-bond acceptors (Lipinski definition) is 4. The van der Waals surface area contributed by atoms with Crippen molar-refractivity contribution in [2.75, 3.05) is 26.5 Å². The second-order valence-corrected chi connectivity index (χ2v) is 5.29. The van der Waals surface area contributed by atoms with Crippen molar-refractivity contribution < 1.29 is 9.90 Å².